The van der Waals surface area contributed by atoms with Crippen LogP contribution in [0.4, 0.5) is 0 Å². The molecule has 3 aliphatic rings. The lowest BCUT2D eigenvalue weighted by Gasteiger charge is -2.34. The fourth-order valence-electron chi connectivity index (χ4n) is 4.36. The van der Waals surface area contributed by atoms with E-state index in [0.717, 1.165) is 50.3 Å². The molecule has 1 aliphatic heterocycles. The number of nitrogens with one attached hydrogen (secondary N) is 1. The van der Waals surface area contributed by atoms with Gasteiger partial charge in [-0.25, -0.2) is 0 Å². The molecule has 2 fully saturated rings. The third-order valence-electron chi connectivity index (χ3n) is 5.64. The zero-order valence-electron chi connectivity index (χ0n) is 13.0. The van der Waals surface area contributed by atoms with Crippen molar-refractivity contribution in [3.05, 3.63) is 11.4 Å². The number of fused-ring (bicyclic) bond motifs is 1. The second kappa shape index (κ2) is 5.65. The Hall–Kier alpha value is -1.43. The Labute approximate surface area is 130 Å². The van der Waals surface area contributed by atoms with Crippen LogP contribution in [0.1, 0.15) is 43.5 Å². The fourth-order valence-corrected chi connectivity index (χ4v) is 4.36. The van der Waals surface area contributed by atoms with Gasteiger partial charge < -0.3 is 9.64 Å². The Balaban J connectivity index is 1.47. The van der Waals surface area contributed by atoms with E-state index in [1.54, 1.807) is 0 Å². The molecule has 4 rings (SSSR count). The number of aryl methyl sites for hydroxylation is 1. The van der Waals surface area contributed by atoms with Crippen molar-refractivity contribution in [3.8, 4) is 0 Å². The van der Waals surface area contributed by atoms with Gasteiger partial charge in [-0.1, -0.05) is 12.8 Å². The van der Waals surface area contributed by atoms with Gasteiger partial charge in [-0.3, -0.25) is 4.79 Å². The molecule has 1 spiro atoms. The van der Waals surface area contributed by atoms with E-state index in [-0.39, 0.29) is 11.3 Å². The molecule has 0 bridgehead atoms. The zero-order valence-corrected chi connectivity index (χ0v) is 13.0. The van der Waals surface area contributed by atoms with Crippen LogP contribution in [-0.4, -0.2) is 52.5 Å². The summed E-state index contributed by atoms with van der Waals surface area (Å²) in [5.41, 5.74) is 2.24. The van der Waals surface area contributed by atoms with Gasteiger partial charge in [-0.05, 0) is 25.7 Å². The molecular weight excluding hydrogens is 280 g/mol. The van der Waals surface area contributed by atoms with Crippen LogP contribution in [0.3, 0.4) is 0 Å². The van der Waals surface area contributed by atoms with E-state index < -0.39 is 0 Å². The smallest absolute Gasteiger partial charge is 0.226 e. The van der Waals surface area contributed by atoms with Crippen molar-refractivity contribution >= 4 is 5.91 Å². The Bertz CT molecular complexity index is 550. The van der Waals surface area contributed by atoms with Gasteiger partial charge in [0, 0.05) is 30.8 Å². The van der Waals surface area contributed by atoms with Gasteiger partial charge in [0.1, 0.15) is 0 Å². The summed E-state index contributed by atoms with van der Waals surface area (Å²) in [6.45, 7) is 3.13. The van der Waals surface area contributed by atoms with Crippen molar-refractivity contribution < 1.29 is 9.53 Å². The molecule has 2 heterocycles. The normalized spacial score (nSPS) is 27.6. The van der Waals surface area contributed by atoms with Crippen LogP contribution in [-0.2, 0) is 22.4 Å². The lowest BCUT2D eigenvalue weighted by atomic mass is 9.85. The molecule has 1 saturated heterocycles. The predicted molar refractivity (Wildman–Crippen MR) is 80.2 cm³/mol. The molecule has 2 aliphatic carbocycles. The summed E-state index contributed by atoms with van der Waals surface area (Å²) in [7, 11) is 0. The first kappa shape index (κ1) is 14.2. The number of rotatable bonds is 1. The van der Waals surface area contributed by atoms with Crippen LogP contribution < -0.4 is 0 Å². The monoisotopic (exact) mass is 304 g/mol. The molecule has 1 atom stereocenters. The second-order valence-electron chi connectivity index (χ2n) is 7.18. The number of amides is 1. The van der Waals surface area contributed by atoms with Gasteiger partial charge in [0.05, 0.1) is 24.6 Å². The molecule has 0 radical (unpaired) electrons. The van der Waals surface area contributed by atoms with E-state index in [4.69, 9.17) is 4.74 Å². The van der Waals surface area contributed by atoms with Gasteiger partial charge in [0.2, 0.25) is 5.91 Å². The number of carbonyl (C=O) groups excluding carboxylic acids is 1. The zero-order chi connectivity index (χ0) is 15.0. The van der Waals surface area contributed by atoms with E-state index in [0.29, 0.717) is 12.5 Å². The number of hydrogen-bond acceptors (Lipinski definition) is 4. The highest BCUT2D eigenvalue weighted by atomic mass is 16.5. The van der Waals surface area contributed by atoms with Gasteiger partial charge in [0.15, 0.2) is 0 Å². The van der Waals surface area contributed by atoms with Gasteiger partial charge >= 0.3 is 0 Å². The van der Waals surface area contributed by atoms with Crippen LogP contribution in [0.25, 0.3) is 0 Å². The molecule has 1 N–H and O–H groups in total. The Morgan fingerprint density at radius 2 is 2.09 bits per heavy atom. The van der Waals surface area contributed by atoms with Crippen molar-refractivity contribution in [2.45, 2.75) is 44.9 Å². The maximum atomic E-state index is 13.0. The minimum absolute atomic E-state index is 0.0640. The molecule has 1 aromatic rings. The standard InChI is InChI=1S/C16H24N4O2/c21-15(12-3-4-13-14(9-12)18-19-17-13)20-7-8-22-11-16(10-20)5-1-2-6-16/h12H,1-11H2,(H,17,18,19). The minimum Gasteiger partial charge on any atom is -0.379 e. The highest BCUT2D eigenvalue weighted by molar-refractivity contribution is 5.79. The average Bonchev–Trinajstić information content (AvgIpc) is 3.13. The van der Waals surface area contributed by atoms with Gasteiger partial charge in [0.25, 0.3) is 0 Å². The van der Waals surface area contributed by atoms with E-state index >= 15 is 0 Å². The molecule has 22 heavy (non-hydrogen) atoms. The van der Waals surface area contributed by atoms with E-state index in [1.807, 2.05) is 0 Å². The number of nitrogens with zero attached hydrogens (tertiary/aromatic N) is 3. The molecule has 6 nitrogen and oxygen atoms in total. The summed E-state index contributed by atoms with van der Waals surface area (Å²) >= 11 is 0. The Morgan fingerprint density at radius 3 is 2.95 bits per heavy atom. The lowest BCUT2D eigenvalue weighted by molar-refractivity contribution is -0.137. The summed E-state index contributed by atoms with van der Waals surface area (Å²) < 4.78 is 5.82. The first-order chi connectivity index (χ1) is 10.8. The average molecular weight is 304 g/mol. The second-order valence-corrected chi connectivity index (χ2v) is 7.18. The fraction of sp³-hybridized carbons (Fsp3) is 0.812. The number of ether oxygens (including phenoxy) is 1. The van der Waals surface area contributed by atoms with Gasteiger partial charge in [-0.15, -0.1) is 0 Å². The summed E-state index contributed by atoms with van der Waals surface area (Å²) in [5, 5.41) is 11.0. The number of hydrogen-bond donors (Lipinski definition) is 1. The molecule has 120 valence electrons. The quantitative estimate of drug-likeness (QED) is 0.849. The molecule has 1 aromatic heterocycles. The van der Waals surface area contributed by atoms with Crippen molar-refractivity contribution in [2.75, 3.05) is 26.3 Å². The minimum atomic E-state index is 0.0640. The third kappa shape index (κ3) is 2.53. The van der Waals surface area contributed by atoms with Crippen LogP contribution in [0.2, 0.25) is 0 Å². The van der Waals surface area contributed by atoms with Crippen LogP contribution in [0.15, 0.2) is 0 Å². The van der Waals surface area contributed by atoms with Crippen molar-refractivity contribution in [1.82, 2.24) is 20.3 Å². The molecule has 1 saturated carbocycles. The maximum absolute atomic E-state index is 13.0. The predicted octanol–water partition coefficient (Wildman–Crippen LogP) is 1.33. The molecule has 1 amide bonds. The summed E-state index contributed by atoms with van der Waals surface area (Å²) in [6.07, 6.45) is 7.44. The molecule has 0 aromatic carbocycles. The highest BCUT2D eigenvalue weighted by Crippen LogP contribution is 2.40. The molecule has 1 unspecified atom stereocenters. The number of H-pyrrole nitrogens is 1. The SMILES string of the molecule is O=C(C1CCc2n[nH]nc2C1)N1CCOCC2(CCCC2)C1. The van der Waals surface area contributed by atoms with Crippen LogP contribution >= 0.6 is 0 Å². The van der Waals surface area contributed by atoms with Crippen LogP contribution in [0, 0.1) is 11.3 Å². The molecule has 6 heteroatoms. The first-order valence-corrected chi connectivity index (χ1v) is 8.51. The highest BCUT2D eigenvalue weighted by Gasteiger charge is 2.40. The van der Waals surface area contributed by atoms with Crippen molar-refractivity contribution in [3.63, 3.8) is 0 Å². The topological polar surface area (TPSA) is 71.1 Å². The van der Waals surface area contributed by atoms with Crippen LogP contribution in [0.5, 0.6) is 0 Å². The van der Waals surface area contributed by atoms with Crippen molar-refractivity contribution in [2.24, 2.45) is 11.3 Å². The van der Waals surface area contributed by atoms with Gasteiger partial charge in [-0.2, -0.15) is 15.4 Å². The largest absolute Gasteiger partial charge is 0.379 e. The summed E-state index contributed by atoms with van der Waals surface area (Å²) in [4.78, 5) is 15.1. The number of aromatic nitrogens is 3. The summed E-state index contributed by atoms with van der Waals surface area (Å²) in [6, 6.07) is 0. The van der Waals surface area contributed by atoms with E-state index in [2.05, 4.69) is 20.3 Å². The molecular formula is C16H24N4O2. The third-order valence-corrected chi connectivity index (χ3v) is 5.64. The number of carbonyl (C=O) groups is 1. The van der Waals surface area contributed by atoms with E-state index in [1.165, 1.54) is 25.7 Å². The lowest BCUT2D eigenvalue weighted by Crippen LogP contribution is -2.44. The Kier molecular flexibility index (Phi) is 3.64. The van der Waals surface area contributed by atoms with E-state index in [9.17, 15) is 4.79 Å². The number of aromatic amines is 1. The maximum Gasteiger partial charge on any atom is 0.226 e. The van der Waals surface area contributed by atoms with Crippen molar-refractivity contribution in [1.29, 1.82) is 0 Å². The summed E-state index contributed by atoms with van der Waals surface area (Å²) in [5.74, 6) is 0.361. The first-order valence-electron chi connectivity index (χ1n) is 8.51. The Morgan fingerprint density at radius 1 is 1.27 bits per heavy atom.